The molecule has 3 N–H and O–H groups in total. The van der Waals surface area contributed by atoms with Gasteiger partial charge in [-0.3, -0.25) is 9.59 Å². The minimum absolute atomic E-state index is 0.0413. The molecule has 1 atom stereocenters. The van der Waals surface area contributed by atoms with Crippen LogP contribution in [0, 0.1) is 0 Å². The Balaban J connectivity index is 1.51. The van der Waals surface area contributed by atoms with Crippen molar-refractivity contribution in [1.82, 2.24) is 9.71 Å². The Bertz CT molecular complexity index is 1690. The molecular weight excluding hydrogens is 490 g/mol. The first-order valence-corrected chi connectivity index (χ1v) is 13.3. The number of benzene rings is 3. The molecule has 0 radical (unpaired) electrons. The summed E-state index contributed by atoms with van der Waals surface area (Å²) >= 11 is 0. The van der Waals surface area contributed by atoms with E-state index in [-0.39, 0.29) is 22.6 Å². The number of hydrogen-bond donors (Lipinski definition) is 3. The van der Waals surface area contributed by atoms with Crippen LogP contribution in [0.3, 0.4) is 0 Å². The Hall–Kier alpha value is -3.79. The maximum absolute atomic E-state index is 13.8. The van der Waals surface area contributed by atoms with Crippen molar-refractivity contribution in [3.8, 4) is 0 Å². The molecule has 4 aromatic rings. The smallest absolute Gasteiger partial charge is 0.268 e. The summed E-state index contributed by atoms with van der Waals surface area (Å²) in [5, 5.41) is 12.6. The topological polar surface area (TPSA) is 120 Å². The predicted molar refractivity (Wildman–Crippen MR) is 142 cm³/mol. The fraction of sp³-hybridized carbons (Fsp3) is 0.214. The van der Waals surface area contributed by atoms with Crippen LogP contribution in [-0.2, 0) is 27.0 Å². The van der Waals surface area contributed by atoms with Crippen molar-refractivity contribution in [3.05, 3.63) is 106 Å². The first-order valence-electron chi connectivity index (χ1n) is 11.8. The fourth-order valence-corrected chi connectivity index (χ4v) is 6.11. The number of nitrogens with zero attached hydrogens (tertiary/aromatic N) is 1. The Morgan fingerprint density at radius 1 is 0.946 bits per heavy atom. The van der Waals surface area contributed by atoms with Crippen LogP contribution in [0.5, 0.6) is 0 Å². The number of carbonyl (C=O) groups is 1. The summed E-state index contributed by atoms with van der Waals surface area (Å²) in [6.07, 6.45) is 0. The van der Waals surface area contributed by atoms with Gasteiger partial charge in [0.15, 0.2) is 5.60 Å². The number of fused-ring (bicyclic) bond motifs is 2. The van der Waals surface area contributed by atoms with E-state index in [1.165, 1.54) is 35.2 Å². The Labute approximate surface area is 214 Å². The van der Waals surface area contributed by atoms with Crippen molar-refractivity contribution in [2.45, 2.75) is 43.4 Å². The Morgan fingerprint density at radius 2 is 1.65 bits per heavy atom. The molecule has 1 amide bonds. The largest absolute Gasteiger partial charge is 0.372 e. The van der Waals surface area contributed by atoms with Gasteiger partial charge < -0.3 is 15.0 Å². The van der Waals surface area contributed by atoms with Crippen LogP contribution in [0.1, 0.15) is 37.5 Å². The zero-order valence-electron chi connectivity index (χ0n) is 20.6. The van der Waals surface area contributed by atoms with Gasteiger partial charge in [-0.05, 0) is 73.7 Å². The van der Waals surface area contributed by atoms with Gasteiger partial charge in [-0.15, -0.1) is 0 Å². The van der Waals surface area contributed by atoms with E-state index in [0.29, 0.717) is 16.8 Å². The number of pyridine rings is 1. The minimum atomic E-state index is -3.77. The van der Waals surface area contributed by atoms with Crippen molar-refractivity contribution < 1.29 is 18.3 Å². The number of para-hydroxylation sites is 1. The number of nitrogens with one attached hydrogen (secondary N) is 2. The zero-order valence-corrected chi connectivity index (χ0v) is 21.5. The summed E-state index contributed by atoms with van der Waals surface area (Å²) in [6.45, 7) is 5.45. The molecule has 8 nitrogen and oxygen atoms in total. The molecule has 0 bridgehead atoms. The van der Waals surface area contributed by atoms with Crippen LogP contribution in [0.4, 0.5) is 5.69 Å². The molecule has 1 unspecified atom stereocenters. The third-order valence-corrected chi connectivity index (χ3v) is 8.06. The first kappa shape index (κ1) is 24.9. The molecule has 0 saturated carbocycles. The molecule has 3 aromatic carbocycles. The molecule has 5 rings (SSSR count). The van der Waals surface area contributed by atoms with E-state index in [2.05, 4.69) is 9.71 Å². The van der Waals surface area contributed by atoms with Crippen molar-refractivity contribution in [3.63, 3.8) is 0 Å². The number of aliphatic hydroxyl groups is 1. The highest BCUT2D eigenvalue weighted by molar-refractivity contribution is 7.89. The van der Waals surface area contributed by atoms with E-state index >= 15 is 0 Å². The number of aromatic amines is 1. The minimum Gasteiger partial charge on any atom is -0.372 e. The average Bonchev–Trinajstić information content (AvgIpc) is 3.05. The molecule has 0 spiro atoms. The second-order valence-electron chi connectivity index (χ2n) is 10.2. The van der Waals surface area contributed by atoms with Gasteiger partial charge in [0.05, 0.1) is 17.1 Å². The summed E-state index contributed by atoms with van der Waals surface area (Å²) in [5.74, 6) is -0.529. The number of anilines is 1. The highest BCUT2D eigenvalue weighted by Gasteiger charge is 2.51. The second kappa shape index (κ2) is 8.65. The van der Waals surface area contributed by atoms with Gasteiger partial charge in [-0.25, -0.2) is 13.1 Å². The van der Waals surface area contributed by atoms with Crippen LogP contribution in [0.25, 0.3) is 10.9 Å². The van der Waals surface area contributed by atoms with Gasteiger partial charge in [0.25, 0.3) is 5.91 Å². The number of aromatic nitrogens is 1. The number of H-pyrrole nitrogens is 1. The third-order valence-electron chi connectivity index (χ3n) is 6.29. The quantitative estimate of drug-likeness (QED) is 0.375. The molecule has 1 aliphatic heterocycles. The molecule has 1 aliphatic rings. The normalized spacial score (nSPS) is 17.8. The van der Waals surface area contributed by atoms with Crippen LogP contribution in [-0.4, -0.2) is 30.0 Å². The standard InChI is InChI=1S/C28H27N3O5S/c1-27(2,3)30-37(35,36)21-12-10-20(11-13-21)28(34)22-6-4-5-7-24(22)31(26(28)33)17-18-8-14-23-19(16-18)9-15-25(32)29-23/h4-16,30,34H,17H2,1-3H3,(H,29,32). The van der Waals surface area contributed by atoms with E-state index in [1.54, 1.807) is 57.2 Å². The van der Waals surface area contributed by atoms with Crippen LogP contribution in [0.15, 0.2) is 88.6 Å². The monoisotopic (exact) mass is 517 g/mol. The van der Waals surface area contributed by atoms with Crippen molar-refractivity contribution in [2.24, 2.45) is 0 Å². The van der Waals surface area contributed by atoms with Crippen molar-refractivity contribution >= 4 is 32.5 Å². The highest BCUT2D eigenvalue weighted by Crippen LogP contribution is 2.45. The summed E-state index contributed by atoms with van der Waals surface area (Å²) in [5.41, 5.74) is -0.0393. The molecule has 37 heavy (non-hydrogen) atoms. The maximum Gasteiger partial charge on any atom is 0.268 e. The lowest BCUT2D eigenvalue weighted by Crippen LogP contribution is -2.41. The molecule has 0 fully saturated rings. The number of sulfonamides is 1. The van der Waals surface area contributed by atoms with Crippen LogP contribution in [0.2, 0.25) is 0 Å². The average molecular weight is 518 g/mol. The van der Waals surface area contributed by atoms with Crippen LogP contribution >= 0.6 is 0 Å². The highest BCUT2D eigenvalue weighted by atomic mass is 32.2. The summed E-state index contributed by atoms with van der Waals surface area (Å²) < 4.78 is 28.0. The van der Waals surface area contributed by atoms with Gasteiger partial charge in [0.1, 0.15) is 0 Å². The van der Waals surface area contributed by atoms with Gasteiger partial charge >= 0.3 is 0 Å². The summed E-state index contributed by atoms with van der Waals surface area (Å²) in [6, 6.07) is 21.4. The van der Waals surface area contributed by atoms with E-state index in [9.17, 15) is 23.1 Å². The van der Waals surface area contributed by atoms with Gasteiger partial charge in [0.2, 0.25) is 15.6 Å². The third kappa shape index (κ3) is 4.46. The number of carbonyl (C=O) groups excluding carboxylic acids is 1. The van der Waals surface area contributed by atoms with Gasteiger partial charge in [-0.2, -0.15) is 0 Å². The number of amides is 1. The van der Waals surface area contributed by atoms with Gasteiger partial charge in [0, 0.05) is 22.7 Å². The van der Waals surface area contributed by atoms with E-state index in [4.69, 9.17) is 0 Å². The lowest BCUT2D eigenvalue weighted by atomic mass is 9.87. The predicted octanol–water partition coefficient (Wildman–Crippen LogP) is 3.39. The molecule has 9 heteroatoms. The first-order chi connectivity index (χ1) is 17.4. The van der Waals surface area contributed by atoms with E-state index < -0.39 is 27.1 Å². The maximum atomic E-state index is 13.8. The van der Waals surface area contributed by atoms with E-state index in [0.717, 1.165) is 10.9 Å². The fourth-order valence-electron chi connectivity index (χ4n) is 4.69. The number of hydrogen-bond acceptors (Lipinski definition) is 5. The van der Waals surface area contributed by atoms with Crippen molar-refractivity contribution in [2.75, 3.05) is 4.90 Å². The van der Waals surface area contributed by atoms with E-state index in [1.807, 2.05) is 12.1 Å². The lowest BCUT2D eigenvalue weighted by molar-refractivity contribution is -0.132. The van der Waals surface area contributed by atoms with Gasteiger partial charge in [-0.1, -0.05) is 36.4 Å². The van der Waals surface area contributed by atoms with Crippen LogP contribution < -0.4 is 15.2 Å². The summed E-state index contributed by atoms with van der Waals surface area (Å²) in [7, 11) is -3.77. The molecule has 2 heterocycles. The molecule has 0 saturated heterocycles. The number of rotatable bonds is 5. The zero-order chi connectivity index (χ0) is 26.6. The Morgan fingerprint density at radius 3 is 2.35 bits per heavy atom. The Kier molecular flexibility index (Phi) is 5.82. The second-order valence-corrected chi connectivity index (χ2v) is 11.9. The van der Waals surface area contributed by atoms with Crippen molar-refractivity contribution in [1.29, 1.82) is 0 Å². The molecule has 1 aromatic heterocycles. The summed E-state index contributed by atoms with van der Waals surface area (Å²) in [4.78, 5) is 29.7. The SMILES string of the molecule is CC(C)(C)NS(=O)(=O)c1ccc(C2(O)C(=O)N(Cc3ccc4[nH]c(=O)ccc4c3)c3ccccc32)cc1. The molecule has 190 valence electrons. The lowest BCUT2D eigenvalue weighted by Gasteiger charge is -2.24. The molecule has 0 aliphatic carbocycles. The molecular formula is C28H27N3O5S.